The fourth-order valence-corrected chi connectivity index (χ4v) is 2.67. The number of nitrogens with two attached hydrogens (primary N) is 1. The van der Waals surface area contributed by atoms with Gasteiger partial charge >= 0.3 is 5.69 Å². The van der Waals surface area contributed by atoms with Gasteiger partial charge in [-0.2, -0.15) is 0 Å². The Bertz CT molecular complexity index is 561. The summed E-state index contributed by atoms with van der Waals surface area (Å²) in [6.07, 6.45) is 5.82. The molecule has 2 rings (SSSR count). The van der Waals surface area contributed by atoms with Gasteiger partial charge in [-0.1, -0.05) is 26.2 Å². The summed E-state index contributed by atoms with van der Waals surface area (Å²) in [6.45, 7) is 2.19. The second kappa shape index (κ2) is 5.50. The molecule has 1 fully saturated rings. The molecule has 0 aliphatic heterocycles. The number of hydrogen-bond donors (Lipinski definition) is 3. The molecule has 1 saturated carbocycles. The van der Waals surface area contributed by atoms with Crippen LogP contribution in [0.4, 0.5) is 11.5 Å². The molecular weight excluding hydrogens is 244 g/mol. The lowest BCUT2D eigenvalue weighted by atomic mass is 9.97. The van der Waals surface area contributed by atoms with Gasteiger partial charge < -0.3 is 11.1 Å². The van der Waals surface area contributed by atoms with Crippen molar-refractivity contribution in [3.8, 4) is 0 Å². The van der Waals surface area contributed by atoms with E-state index in [0.29, 0.717) is 11.6 Å². The molecule has 19 heavy (non-hydrogen) atoms. The van der Waals surface area contributed by atoms with E-state index in [-0.39, 0.29) is 11.9 Å². The van der Waals surface area contributed by atoms with E-state index in [4.69, 9.17) is 5.73 Å². The lowest BCUT2D eigenvalue weighted by molar-refractivity contribution is 0.456. The van der Waals surface area contributed by atoms with Crippen LogP contribution in [0.5, 0.6) is 0 Å². The smallest absolute Gasteiger partial charge is 0.329 e. The topological polar surface area (TPSA) is 92.9 Å². The molecule has 6 heteroatoms. The second-order valence-corrected chi connectivity index (χ2v) is 5.44. The van der Waals surface area contributed by atoms with Crippen molar-refractivity contribution < 1.29 is 0 Å². The zero-order valence-electron chi connectivity index (χ0n) is 11.5. The minimum Gasteiger partial charge on any atom is -0.383 e. The van der Waals surface area contributed by atoms with Crippen LogP contribution in [0.3, 0.4) is 0 Å². The van der Waals surface area contributed by atoms with Gasteiger partial charge in [0.05, 0.1) is 0 Å². The Morgan fingerprint density at radius 2 is 1.95 bits per heavy atom. The van der Waals surface area contributed by atoms with Crippen LogP contribution in [-0.2, 0) is 7.05 Å². The highest BCUT2D eigenvalue weighted by Crippen LogP contribution is 2.26. The van der Waals surface area contributed by atoms with Crippen LogP contribution in [0.2, 0.25) is 0 Å². The Morgan fingerprint density at radius 1 is 1.26 bits per heavy atom. The zero-order chi connectivity index (χ0) is 14.0. The molecule has 0 amide bonds. The number of nitrogen functional groups attached to an aromatic ring is 1. The third-order valence-electron chi connectivity index (χ3n) is 4.06. The van der Waals surface area contributed by atoms with Gasteiger partial charge in [-0.15, -0.1) is 0 Å². The minimum absolute atomic E-state index is 0.199. The fourth-order valence-electron chi connectivity index (χ4n) is 2.67. The molecule has 0 saturated heterocycles. The van der Waals surface area contributed by atoms with Gasteiger partial charge in [0.1, 0.15) is 11.5 Å². The van der Waals surface area contributed by atoms with Gasteiger partial charge in [0, 0.05) is 13.1 Å². The van der Waals surface area contributed by atoms with E-state index < -0.39 is 11.2 Å². The second-order valence-electron chi connectivity index (χ2n) is 5.44. The highest BCUT2D eigenvalue weighted by atomic mass is 16.2. The lowest BCUT2D eigenvalue weighted by Crippen LogP contribution is -2.36. The Balaban J connectivity index is 2.30. The van der Waals surface area contributed by atoms with E-state index in [1.807, 2.05) is 0 Å². The molecule has 1 aliphatic rings. The first-order chi connectivity index (χ1) is 9.00. The molecule has 4 N–H and O–H groups in total. The monoisotopic (exact) mass is 266 g/mol. The van der Waals surface area contributed by atoms with E-state index in [0.717, 1.165) is 19.3 Å². The first-order valence-electron chi connectivity index (χ1n) is 6.86. The summed E-state index contributed by atoms with van der Waals surface area (Å²) in [5.41, 5.74) is 5.27. The Hall–Kier alpha value is -1.72. The molecule has 0 radical (unpaired) electrons. The van der Waals surface area contributed by atoms with Crippen LogP contribution in [-0.4, -0.2) is 15.6 Å². The van der Waals surface area contributed by atoms with Crippen LogP contribution in [0.25, 0.3) is 0 Å². The maximum atomic E-state index is 11.9. The van der Waals surface area contributed by atoms with Crippen LogP contribution in [0.1, 0.15) is 39.0 Å². The standard InChI is InChI=1S/C13H22N4O2/c1-8-6-4-3-5-7-9(8)15-10-11(14)17(2)13(19)16-12(10)18/h8-9,15H,3-7,14H2,1-2H3,(H,16,18,19). The maximum absolute atomic E-state index is 11.9. The summed E-state index contributed by atoms with van der Waals surface area (Å²) < 4.78 is 1.26. The fraction of sp³-hybridized carbons (Fsp3) is 0.692. The summed E-state index contributed by atoms with van der Waals surface area (Å²) in [7, 11) is 1.55. The number of aromatic nitrogens is 2. The van der Waals surface area contributed by atoms with E-state index in [1.54, 1.807) is 7.05 Å². The van der Waals surface area contributed by atoms with Crippen LogP contribution in [0.15, 0.2) is 9.59 Å². The van der Waals surface area contributed by atoms with Crippen LogP contribution < -0.4 is 22.3 Å². The van der Waals surface area contributed by atoms with Gasteiger partial charge in [0.25, 0.3) is 5.56 Å². The molecular formula is C13H22N4O2. The number of aromatic amines is 1. The highest BCUT2D eigenvalue weighted by Gasteiger charge is 2.22. The third kappa shape index (κ3) is 2.83. The summed E-state index contributed by atoms with van der Waals surface area (Å²) >= 11 is 0. The van der Waals surface area contributed by atoms with Crippen molar-refractivity contribution in [1.29, 1.82) is 0 Å². The molecule has 2 atom stereocenters. The molecule has 1 aliphatic carbocycles. The van der Waals surface area contributed by atoms with Gasteiger partial charge in [-0.05, 0) is 18.8 Å². The lowest BCUT2D eigenvalue weighted by Gasteiger charge is -2.24. The van der Waals surface area contributed by atoms with E-state index in [1.165, 1.54) is 17.4 Å². The summed E-state index contributed by atoms with van der Waals surface area (Å²) in [6, 6.07) is 0.239. The summed E-state index contributed by atoms with van der Waals surface area (Å²) in [5, 5.41) is 3.25. The zero-order valence-corrected chi connectivity index (χ0v) is 11.5. The molecule has 0 aromatic carbocycles. The van der Waals surface area contributed by atoms with Crippen molar-refractivity contribution >= 4 is 11.5 Å². The van der Waals surface area contributed by atoms with Gasteiger partial charge in [-0.3, -0.25) is 14.3 Å². The molecule has 1 aromatic heterocycles. The van der Waals surface area contributed by atoms with Gasteiger partial charge in [-0.25, -0.2) is 4.79 Å². The molecule has 1 heterocycles. The number of rotatable bonds is 2. The minimum atomic E-state index is -0.484. The number of anilines is 2. The SMILES string of the molecule is CC1CCCCCC1Nc1c(N)n(C)c(=O)[nH]c1=O. The van der Waals surface area contributed by atoms with Crippen molar-refractivity contribution in [2.45, 2.75) is 45.1 Å². The number of hydrogen-bond acceptors (Lipinski definition) is 4. The predicted octanol–water partition coefficient (Wildman–Crippen LogP) is 1.04. The Kier molecular flexibility index (Phi) is 3.97. The number of nitrogens with zero attached hydrogens (tertiary/aromatic N) is 1. The van der Waals surface area contributed by atoms with Crippen molar-refractivity contribution in [3.63, 3.8) is 0 Å². The Labute approximate surface area is 112 Å². The molecule has 1 aromatic rings. The van der Waals surface area contributed by atoms with Crippen molar-refractivity contribution in [2.24, 2.45) is 13.0 Å². The quantitative estimate of drug-likeness (QED) is 0.697. The largest absolute Gasteiger partial charge is 0.383 e. The Morgan fingerprint density at radius 3 is 2.68 bits per heavy atom. The third-order valence-corrected chi connectivity index (χ3v) is 4.06. The first-order valence-corrected chi connectivity index (χ1v) is 6.86. The van der Waals surface area contributed by atoms with Crippen molar-refractivity contribution in [2.75, 3.05) is 11.1 Å². The van der Waals surface area contributed by atoms with Gasteiger partial charge in [0.2, 0.25) is 0 Å². The first kappa shape index (κ1) is 13.7. The number of nitrogens with one attached hydrogen (secondary N) is 2. The molecule has 106 valence electrons. The summed E-state index contributed by atoms with van der Waals surface area (Å²) in [4.78, 5) is 25.6. The molecule has 0 spiro atoms. The summed E-state index contributed by atoms with van der Waals surface area (Å²) in [5.74, 6) is 0.698. The van der Waals surface area contributed by atoms with Crippen LogP contribution in [0, 0.1) is 5.92 Å². The average molecular weight is 266 g/mol. The van der Waals surface area contributed by atoms with Crippen molar-refractivity contribution in [3.05, 3.63) is 20.8 Å². The maximum Gasteiger partial charge on any atom is 0.329 e. The van der Waals surface area contributed by atoms with Crippen LogP contribution >= 0.6 is 0 Å². The van der Waals surface area contributed by atoms with Gasteiger partial charge in [0.15, 0.2) is 0 Å². The van der Waals surface area contributed by atoms with Crippen molar-refractivity contribution in [1.82, 2.24) is 9.55 Å². The van der Waals surface area contributed by atoms with E-state index in [9.17, 15) is 9.59 Å². The normalized spacial score (nSPS) is 23.9. The number of H-pyrrole nitrogens is 1. The van der Waals surface area contributed by atoms with E-state index in [2.05, 4.69) is 17.2 Å². The molecule has 6 nitrogen and oxygen atoms in total. The predicted molar refractivity (Wildman–Crippen MR) is 76.4 cm³/mol. The highest BCUT2D eigenvalue weighted by molar-refractivity contribution is 5.60. The van der Waals surface area contributed by atoms with E-state index >= 15 is 0 Å². The molecule has 2 unspecified atom stereocenters. The average Bonchev–Trinajstić information content (AvgIpc) is 2.57. The molecule has 0 bridgehead atoms.